The third kappa shape index (κ3) is 3.90. The summed E-state index contributed by atoms with van der Waals surface area (Å²) in [5.74, 6) is 0.643. The molecule has 0 aliphatic rings. The fourth-order valence-corrected chi connectivity index (χ4v) is 2.54. The smallest absolute Gasteiger partial charge is 0.251 e. The summed E-state index contributed by atoms with van der Waals surface area (Å²) in [4.78, 5) is 16.5. The van der Waals surface area contributed by atoms with Gasteiger partial charge in [-0.1, -0.05) is 25.5 Å². The van der Waals surface area contributed by atoms with Gasteiger partial charge >= 0.3 is 0 Å². The highest BCUT2D eigenvalue weighted by Gasteiger charge is 2.07. The van der Waals surface area contributed by atoms with Crippen molar-refractivity contribution in [3.05, 3.63) is 77.7 Å². The molecule has 0 radical (unpaired) electrons. The molecule has 24 heavy (non-hydrogen) atoms. The number of carbonyl (C=O) groups is 1. The van der Waals surface area contributed by atoms with Crippen LogP contribution in [0, 0.1) is 0 Å². The van der Waals surface area contributed by atoms with E-state index in [1.54, 1.807) is 12.5 Å². The highest BCUT2D eigenvalue weighted by Crippen LogP contribution is 2.18. The summed E-state index contributed by atoms with van der Waals surface area (Å²) < 4.78 is 5.35. The molecule has 0 atom stereocenters. The van der Waals surface area contributed by atoms with Crippen molar-refractivity contribution in [3.8, 4) is 11.5 Å². The second-order valence-electron chi connectivity index (χ2n) is 5.66. The minimum atomic E-state index is -0.0746. The van der Waals surface area contributed by atoms with E-state index in [-0.39, 0.29) is 5.91 Å². The molecule has 4 heteroatoms. The van der Waals surface area contributed by atoms with Crippen LogP contribution < -0.4 is 5.32 Å². The maximum absolute atomic E-state index is 12.3. The van der Waals surface area contributed by atoms with E-state index >= 15 is 0 Å². The number of aromatic nitrogens is 1. The number of aryl methyl sites for hydroxylation is 1. The van der Waals surface area contributed by atoms with Gasteiger partial charge in [0.15, 0.2) is 5.76 Å². The third-order valence-corrected chi connectivity index (χ3v) is 3.81. The highest BCUT2D eigenvalue weighted by molar-refractivity contribution is 5.94. The van der Waals surface area contributed by atoms with Crippen LogP contribution in [0.3, 0.4) is 0 Å². The molecule has 1 N–H and O–H groups in total. The van der Waals surface area contributed by atoms with Crippen LogP contribution in [-0.4, -0.2) is 10.9 Å². The van der Waals surface area contributed by atoms with Crippen LogP contribution in [0.25, 0.3) is 11.5 Å². The molecule has 3 rings (SSSR count). The summed E-state index contributed by atoms with van der Waals surface area (Å²) in [5, 5.41) is 2.94. The number of amides is 1. The van der Waals surface area contributed by atoms with Gasteiger partial charge in [0.05, 0.1) is 6.26 Å². The zero-order chi connectivity index (χ0) is 16.8. The van der Waals surface area contributed by atoms with Crippen LogP contribution in [-0.2, 0) is 13.0 Å². The van der Waals surface area contributed by atoms with Gasteiger partial charge in [-0.15, -0.1) is 0 Å². The Morgan fingerprint density at radius 1 is 1.12 bits per heavy atom. The monoisotopic (exact) mass is 320 g/mol. The largest absolute Gasteiger partial charge is 0.463 e. The van der Waals surface area contributed by atoms with Crippen molar-refractivity contribution in [1.82, 2.24) is 10.3 Å². The van der Waals surface area contributed by atoms with E-state index in [2.05, 4.69) is 17.2 Å². The Hall–Kier alpha value is -2.88. The lowest BCUT2D eigenvalue weighted by Gasteiger charge is -2.07. The second-order valence-corrected chi connectivity index (χ2v) is 5.66. The van der Waals surface area contributed by atoms with E-state index in [9.17, 15) is 4.79 Å². The predicted octanol–water partition coefficient (Wildman–Crippen LogP) is 4.22. The van der Waals surface area contributed by atoms with Gasteiger partial charge in [-0.2, -0.15) is 0 Å². The first-order chi connectivity index (χ1) is 11.8. The molecule has 2 heterocycles. The number of furan rings is 1. The molecule has 3 aromatic rings. The predicted molar refractivity (Wildman–Crippen MR) is 93.5 cm³/mol. The van der Waals surface area contributed by atoms with Crippen molar-refractivity contribution in [1.29, 1.82) is 0 Å². The number of pyridine rings is 1. The normalized spacial score (nSPS) is 10.5. The van der Waals surface area contributed by atoms with Gasteiger partial charge in [0.25, 0.3) is 5.91 Å². The first kappa shape index (κ1) is 16.0. The minimum Gasteiger partial charge on any atom is -0.463 e. The zero-order valence-corrected chi connectivity index (χ0v) is 13.7. The van der Waals surface area contributed by atoms with Crippen LogP contribution >= 0.6 is 0 Å². The molecule has 1 aromatic carbocycles. The summed E-state index contributed by atoms with van der Waals surface area (Å²) in [6.07, 6.45) is 5.48. The first-order valence-electron chi connectivity index (χ1n) is 8.12. The van der Waals surface area contributed by atoms with Crippen LogP contribution in [0.5, 0.6) is 0 Å². The lowest BCUT2D eigenvalue weighted by molar-refractivity contribution is 0.0951. The molecule has 4 nitrogen and oxygen atoms in total. The summed E-state index contributed by atoms with van der Waals surface area (Å²) in [5.41, 5.74) is 3.67. The molecular formula is C20H20N2O2. The van der Waals surface area contributed by atoms with Crippen molar-refractivity contribution in [3.63, 3.8) is 0 Å². The fourth-order valence-electron chi connectivity index (χ4n) is 2.54. The topological polar surface area (TPSA) is 55.1 Å². The van der Waals surface area contributed by atoms with Gasteiger partial charge in [0.1, 0.15) is 5.69 Å². The van der Waals surface area contributed by atoms with Gasteiger partial charge in [-0.3, -0.25) is 9.78 Å². The van der Waals surface area contributed by atoms with E-state index in [4.69, 9.17) is 4.42 Å². The third-order valence-electron chi connectivity index (χ3n) is 3.81. The molecule has 0 bridgehead atoms. The van der Waals surface area contributed by atoms with Gasteiger partial charge in [0.2, 0.25) is 0 Å². The Morgan fingerprint density at radius 3 is 2.67 bits per heavy atom. The van der Waals surface area contributed by atoms with Gasteiger partial charge in [-0.25, -0.2) is 0 Å². The maximum atomic E-state index is 12.3. The molecule has 1 amide bonds. The van der Waals surface area contributed by atoms with Gasteiger partial charge in [-0.05, 0) is 53.9 Å². The number of benzene rings is 1. The first-order valence-corrected chi connectivity index (χ1v) is 8.12. The van der Waals surface area contributed by atoms with E-state index in [1.807, 2.05) is 48.5 Å². The average molecular weight is 320 g/mol. The Bertz CT molecular complexity index is 793. The molecule has 0 spiro atoms. The van der Waals surface area contributed by atoms with Gasteiger partial charge < -0.3 is 9.73 Å². The number of rotatable bonds is 6. The van der Waals surface area contributed by atoms with Crippen LogP contribution in [0.4, 0.5) is 0 Å². The Kier molecular flexibility index (Phi) is 5.06. The van der Waals surface area contributed by atoms with Crippen LogP contribution in [0.2, 0.25) is 0 Å². The SMILES string of the molecule is CCCc1ccc(C(=O)NCc2ccnc(-c3ccco3)c2)cc1. The fraction of sp³-hybridized carbons (Fsp3) is 0.200. The molecule has 0 aliphatic carbocycles. The molecule has 0 unspecified atom stereocenters. The molecular weight excluding hydrogens is 300 g/mol. The van der Waals surface area contributed by atoms with Crippen molar-refractivity contribution in [2.75, 3.05) is 0 Å². The van der Waals surface area contributed by atoms with Crippen LogP contribution in [0.15, 0.2) is 65.4 Å². The van der Waals surface area contributed by atoms with Crippen molar-refractivity contribution in [2.24, 2.45) is 0 Å². The Balaban J connectivity index is 1.63. The minimum absolute atomic E-state index is 0.0746. The Labute approximate surface area is 141 Å². The van der Waals surface area contributed by atoms with E-state index in [1.165, 1.54) is 5.56 Å². The summed E-state index contributed by atoms with van der Waals surface area (Å²) in [7, 11) is 0. The number of hydrogen-bond donors (Lipinski definition) is 1. The van der Waals surface area contributed by atoms with Crippen molar-refractivity contribution >= 4 is 5.91 Å². The molecule has 0 aliphatic heterocycles. The molecule has 122 valence electrons. The lowest BCUT2D eigenvalue weighted by Crippen LogP contribution is -2.22. The molecule has 2 aromatic heterocycles. The molecule has 0 saturated carbocycles. The Morgan fingerprint density at radius 2 is 1.96 bits per heavy atom. The quantitative estimate of drug-likeness (QED) is 0.739. The number of hydrogen-bond acceptors (Lipinski definition) is 3. The van der Waals surface area contributed by atoms with E-state index < -0.39 is 0 Å². The van der Waals surface area contributed by atoms with Gasteiger partial charge in [0, 0.05) is 18.3 Å². The maximum Gasteiger partial charge on any atom is 0.251 e. The lowest BCUT2D eigenvalue weighted by atomic mass is 10.1. The zero-order valence-electron chi connectivity index (χ0n) is 13.7. The summed E-state index contributed by atoms with van der Waals surface area (Å²) in [6, 6.07) is 15.3. The summed E-state index contributed by atoms with van der Waals surface area (Å²) in [6.45, 7) is 2.60. The number of carbonyl (C=O) groups excluding carboxylic acids is 1. The second kappa shape index (κ2) is 7.59. The molecule has 0 fully saturated rings. The van der Waals surface area contributed by atoms with E-state index in [0.717, 1.165) is 29.9 Å². The number of nitrogens with zero attached hydrogens (tertiary/aromatic N) is 1. The van der Waals surface area contributed by atoms with Crippen molar-refractivity contribution in [2.45, 2.75) is 26.3 Å². The number of nitrogens with one attached hydrogen (secondary N) is 1. The summed E-state index contributed by atoms with van der Waals surface area (Å²) >= 11 is 0. The van der Waals surface area contributed by atoms with Crippen molar-refractivity contribution < 1.29 is 9.21 Å². The average Bonchev–Trinajstić information content (AvgIpc) is 3.16. The highest BCUT2D eigenvalue weighted by atomic mass is 16.3. The van der Waals surface area contributed by atoms with E-state index in [0.29, 0.717) is 12.1 Å². The standard InChI is InChI=1S/C20H20N2O2/c1-2-4-15-6-8-17(9-7-15)20(23)22-14-16-10-11-21-18(13-16)19-5-3-12-24-19/h3,5-13H,2,4,14H2,1H3,(H,22,23). The van der Waals surface area contributed by atoms with Crippen LogP contribution in [0.1, 0.15) is 34.8 Å². The molecule has 0 saturated heterocycles.